The Morgan fingerprint density at radius 3 is 2.68 bits per heavy atom. The zero-order valence-corrected chi connectivity index (χ0v) is 11.2. The van der Waals surface area contributed by atoms with E-state index >= 15 is 0 Å². The number of sulfonamides is 1. The molecule has 1 aromatic carbocycles. The average molecular weight is 290 g/mol. The number of hydrogen-bond acceptors (Lipinski definition) is 5. The minimum absolute atomic E-state index is 0.00268. The molecule has 0 saturated carbocycles. The largest absolute Gasteiger partial charge is 0.469 e. The molecular formula is C11H15FN2O4S. The predicted molar refractivity (Wildman–Crippen MR) is 69.5 cm³/mol. The van der Waals surface area contributed by atoms with Gasteiger partial charge in [0.15, 0.2) is 0 Å². The molecule has 0 amide bonds. The van der Waals surface area contributed by atoms with Gasteiger partial charge in [-0.3, -0.25) is 9.52 Å². The number of anilines is 2. The predicted octanol–water partition coefficient (Wildman–Crippen LogP) is 1.10. The molecule has 8 heteroatoms. The number of ether oxygens (including phenoxy) is 1. The van der Waals surface area contributed by atoms with Crippen molar-refractivity contribution in [1.29, 1.82) is 0 Å². The number of carbonyl (C=O) groups is 1. The summed E-state index contributed by atoms with van der Waals surface area (Å²) in [6.45, 7) is 0. The van der Waals surface area contributed by atoms with Crippen LogP contribution in [-0.4, -0.2) is 27.2 Å². The second kappa shape index (κ2) is 6.37. The minimum atomic E-state index is -3.65. The van der Waals surface area contributed by atoms with Crippen molar-refractivity contribution >= 4 is 27.4 Å². The molecule has 0 unspecified atom stereocenters. The van der Waals surface area contributed by atoms with Crippen LogP contribution in [0, 0.1) is 5.82 Å². The Bertz CT molecular complexity index is 540. The van der Waals surface area contributed by atoms with Gasteiger partial charge in [0.25, 0.3) is 0 Å². The van der Waals surface area contributed by atoms with Crippen molar-refractivity contribution < 1.29 is 22.3 Å². The van der Waals surface area contributed by atoms with Crippen LogP contribution in [0.5, 0.6) is 0 Å². The lowest BCUT2D eigenvalue weighted by Crippen LogP contribution is -2.18. The molecule has 0 atom stereocenters. The van der Waals surface area contributed by atoms with Crippen molar-refractivity contribution in [1.82, 2.24) is 0 Å². The zero-order valence-electron chi connectivity index (χ0n) is 10.3. The van der Waals surface area contributed by atoms with Gasteiger partial charge in [0.2, 0.25) is 10.0 Å². The number of benzene rings is 1. The van der Waals surface area contributed by atoms with Crippen molar-refractivity contribution in [3.05, 3.63) is 24.0 Å². The van der Waals surface area contributed by atoms with Crippen LogP contribution in [0.4, 0.5) is 15.8 Å². The Balaban J connectivity index is 2.61. The summed E-state index contributed by atoms with van der Waals surface area (Å²) < 4.78 is 42.9. The summed E-state index contributed by atoms with van der Waals surface area (Å²) in [4.78, 5) is 10.8. The van der Waals surface area contributed by atoms with Crippen molar-refractivity contribution in [2.24, 2.45) is 0 Å². The first-order valence-corrected chi connectivity index (χ1v) is 7.11. The van der Waals surface area contributed by atoms with Crippen LogP contribution < -0.4 is 10.5 Å². The molecule has 6 nitrogen and oxygen atoms in total. The number of nitrogens with one attached hydrogen (secondary N) is 1. The second-order valence-electron chi connectivity index (χ2n) is 3.87. The van der Waals surface area contributed by atoms with Crippen molar-refractivity contribution in [2.75, 3.05) is 23.3 Å². The standard InChI is InChI=1S/C11H15FN2O4S/c1-18-11(15)3-2-4-19(16,17)14-10-6-8(12)5-9(13)7-10/h5-7,14H,2-4,13H2,1H3. The smallest absolute Gasteiger partial charge is 0.305 e. The first kappa shape index (κ1) is 15.2. The second-order valence-corrected chi connectivity index (χ2v) is 5.72. The van der Waals surface area contributed by atoms with Crippen LogP contribution in [0.3, 0.4) is 0 Å². The quantitative estimate of drug-likeness (QED) is 0.604. The highest BCUT2D eigenvalue weighted by molar-refractivity contribution is 7.92. The highest BCUT2D eigenvalue weighted by Crippen LogP contribution is 2.17. The van der Waals surface area contributed by atoms with E-state index in [9.17, 15) is 17.6 Å². The summed E-state index contributed by atoms with van der Waals surface area (Å²) in [5, 5.41) is 0. The third-order valence-corrected chi connectivity index (χ3v) is 3.59. The molecule has 0 aliphatic heterocycles. The van der Waals surface area contributed by atoms with E-state index in [0.29, 0.717) is 0 Å². The van der Waals surface area contributed by atoms with Crippen LogP contribution in [0.2, 0.25) is 0 Å². The fourth-order valence-corrected chi connectivity index (χ4v) is 2.51. The fraction of sp³-hybridized carbons (Fsp3) is 0.364. The summed E-state index contributed by atoms with van der Waals surface area (Å²) in [5.74, 6) is -1.38. The topological polar surface area (TPSA) is 98.5 Å². The lowest BCUT2D eigenvalue weighted by atomic mass is 10.3. The maximum absolute atomic E-state index is 13.0. The normalized spacial score (nSPS) is 11.1. The summed E-state index contributed by atoms with van der Waals surface area (Å²) in [6, 6.07) is 3.41. The summed E-state index contributed by atoms with van der Waals surface area (Å²) >= 11 is 0. The maximum Gasteiger partial charge on any atom is 0.305 e. The van der Waals surface area contributed by atoms with Gasteiger partial charge in [-0.15, -0.1) is 0 Å². The summed E-state index contributed by atoms with van der Waals surface area (Å²) in [5.41, 5.74) is 5.57. The van der Waals surface area contributed by atoms with E-state index in [1.54, 1.807) is 0 Å². The molecule has 0 radical (unpaired) electrons. The molecule has 1 aromatic rings. The minimum Gasteiger partial charge on any atom is -0.469 e. The molecule has 0 aliphatic carbocycles. The average Bonchev–Trinajstić information content (AvgIpc) is 2.26. The Labute approximate surface area is 110 Å². The Morgan fingerprint density at radius 1 is 1.42 bits per heavy atom. The third kappa shape index (κ3) is 5.56. The van der Waals surface area contributed by atoms with E-state index in [2.05, 4.69) is 9.46 Å². The van der Waals surface area contributed by atoms with Crippen molar-refractivity contribution in [3.63, 3.8) is 0 Å². The molecule has 0 fully saturated rings. The van der Waals surface area contributed by atoms with E-state index in [1.807, 2.05) is 0 Å². The molecule has 0 aromatic heterocycles. The Morgan fingerprint density at radius 2 is 2.11 bits per heavy atom. The van der Waals surface area contributed by atoms with Gasteiger partial charge < -0.3 is 10.5 Å². The summed E-state index contributed by atoms with van der Waals surface area (Å²) in [6.07, 6.45) is 0.121. The number of hydrogen-bond donors (Lipinski definition) is 2. The van der Waals surface area contributed by atoms with Gasteiger partial charge in [-0.1, -0.05) is 0 Å². The lowest BCUT2D eigenvalue weighted by molar-refractivity contribution is -0.140. The van der Waals surface area contributed by atoms with Crippen molar-refractivity contribution in [3.8, 4) is 0 Å². The fourth-order valence-electron chi connectivity index (χ4n) is 1.41. The highest BCUT2D eigenvalue weighted by Gasteiger charge is 2.12. The molecule has 0 heterocycles. The third-order valence-electron chi connectivity index (χ3n) is 2.22. The first-order chi connectivity index (χ1) is 8.82. The maximum atomic E-state index is 13.0. The molecule has 19 heavy (non-hydrogen) atoms. The van der Waals surface area contributed by atoms with Gasteiger partial charge in [-0.05, 0) is 24.6 Å². The number of nitrogens with two attached hydrogens (primary N) is 1. The number of methoxy groups -OCH3 is 1. The van der Waals surface area contributed by atoms with E-state index in [-0.39, 0.29) is 30.0 Å². The number of rotatable bonds is 6. The Kier molecular flexibility index (Phi) is 5.11. The van der Waals surface area contributed by atoms with E-state index in [1.165, 1.54) is 13.2 Å². The molecule has 106 valence electrons. The molecule has 0 saturated heterocycles. The van der Waals surface area contributed by atoms with Crippen LogP contribution in [0.15, 0.2) is 18.2 Å². The number of nitrogen functional groups attached to an aromatic ring is 1. The lowest BCUT2D eigenvalue weighted by Gasteiger charge is -2.08. The molecule has 0 aliphatic rings. The van der Waals surface area contributed by atoms with E-state index in [4.69, 9.17) is 5.73 Å². The van der Waals surface area contributed by atoms with Gasteiger partial charge in [-0.25, -0.2) is 12.8 Å². The van der Waals surface area contributed by atoms with Crippen molar-refractivity contribution in [2.45, 2.75) is 12.8 Å². The summed E-state index contributed by atoms with van der Waals surface area (Å²) in [7, 11) is -2.43. The van der Waals surface area contributed by atoms with Gasteiger partial charge >= 0.3 is 5.97 Å². The SMILES string of the molecule is COC(=O)CCCS(=O)(=O)Nc1cc(N)cc(F)c1. The number of carbonyl (C=O) groups excluding carboxylic acids is 1. The van der Waals surface area contributed by atoms with Crippen LogP contribution >= 0.6 is 0 Å². The zero-order chi connectivity index (χ0) is 14.5. The molecule has 1 rings (SSSR count). The highest BCUT2D eigenvalue weighted by atomic mass is 32.2. The Hall–Kier alpha value is -1.83. The number of esters is 1. The van der Waals surface area contributed by atoms with Gasteiger partial charge in [-0.2, -0.15) is 0 Å². The van der Waals surface area contributed by atoms with Crippen LogP contribution in [0.25, 0.3) is 0 Å². The molecule has 3 N–H and O–H groups in total. The molecular weight excluding hydrogens is 275 g/mol. The number of halogens is 1. The molecule has 0 spiro atoms. The van der Waals surface area contributed by atoms with Gasteiger partial charge in [0, 0.05) is 12.1 Å². The first-order valence-electron chi connectivity index (χ1n) is 5.46. The van der Waals surface area contributed by atoms with E-state index in [0.717, 1.165) is 12.1 Å². The monoisotopic (exact) mass is 290 g/mol. The molecule has 0 bridgehead atoms. The van der Waals surface area contributed by atoms with Crippen LogP contribution in [0.1, 0.15) is 12.8 Å². The van der Waals surface area contributed by atoms with Crippen LogP contribution in [-0.2, 0) is 19.6 Å². The van der Waals surface area contributed by atoms with Gasteiger partial charge in [0.05, 0.1) is 18.6 Å². The van der Waals surface area contributed by atoms with E-state index < -0.39 is 21.8 Å². The van der Waals surface area contributed by atoms with Gasteiger partial charge in [0.1, 0.15) is 5.82 Å².